The molecule has 1 radical (unpaired) electrons. The third-order valence-electron chi connectivity index (χ3n) is 0.567. The van der Waals surface area contributed by atoms with Gasteiger partial charge in [0.25, 0.3) is 5.16 Å². The Morgan fingerprint density at radius 2 is 2.67 bits per heavy atom. The predicted molar refractivity (Wildman–Crippen MR) is 23.0 cm³/mol. The first-order valence-corrected chi connectivity index (χ1v) is 1.76. The molecule has 31 valence electrons. The summed E-state index contributed by atoms with van der Waals surface area (Å²) in [5.41, 5.74) is 0.926. The number of hydrogen-bond donors (Lipinski definition) is 0. The van der Waals surface area contributed by atoms with Crippen molar-refractivity contribution in [1.82, 2.24) is 5.16 Å². The molecule has 6 heavy (non-hydrogen) atoms. The summed E-state index contributed by atoms with van der Waals surface area (Å²) in [7, 11) is 0. The third-order valence-corrected chi connectivity index (χ3v) is 0.567. The van der Waals surface area contributed by atoms with Crippen molar-refractivity contribution in [3.8, 4) is 0 Å². The van der Waals surface area contributed by atoms with Gasteiger partial charge in [0, 0.05) is 6.92 Å². The van der Waals surface area contributed by atoms with Crippen LogP contribution in [-0.2, 0) is 4.84 Å². The third kappa shape index (κ3) is 0.407. The average Bonchev–Trinajstić information content (AvgIpc) is 1.86. The van der Waals surface area contributed by atoms with Crippen LogP contribution >= 0.6 is 0 Å². The molecule has 0 bridgehead atoms. The molecule has 0 saturated carbocycles. The van der Waals surface area contributed by atoms with Crippen molar-refractivity contribution >= 4 is 5.71 Å². The molecule has 0 atom stereocenters. The topological polar surface area (TPSA) is 23.3 Å². The van der Waals surface area contributed by atoms with Crippen LogP contribution in [0.1, 0.15) is 6.92 Å². The Bertz CT molecular complexity index is 101. The van der Waals surface area contributed by atoms with Crippen molar-refractivity contribution in [2.24, 2.45) is 0 Å². The molecule has 0 saturated heterocycles. The SMILES string of the molecule is CC1=[N+]OC=C1. The zero-order valence-corrected chi connectivity index (χ0v) is 3.51. The molecule has 0 aromatic heterocycles. The maximum Gasteiger partial charge on any atom is 0.314 e. The number of oxime groups is 1. The predicted octanol–water partition coefficient (Wildman–Crippen LogP) is 0.242. The Morgan fingerprint density at radius 3 is 2.83 bits per heavy atom. The molecule has 1 heterocycles. The van der Waals surface area contributed by atoms with Gasteiger partial charge in [0.1, 0.15) is 0 Å². The summed E-state index contributed by atoms with van der Waals surface area (Å²) in [5, 5.41) is 3.54. The van der Waals surface area contributed by atoms with Gasteiger partial charge in [-0.1, -0.05) is 0 Å². The van der Waals surface area contributed by atoms with Crippen LogP contribution in [0.5, 0.6) is 0 Å². The molecule has 0 N–H and O–H groups in total. The van der Waals surface area contributed by atoms with E-state index in [1.807, 2.05) is 6.92 Å². The summed E-state index contributed by atoms with van der Waals surface area (Å²) < 4.78 is 0. The van der Waals surface area contributed by atoms with Crippen molar-refractivity contribution in [3.63, 3.8) is 0 Å². The molecule has 0 unspecified atom stereocenters. The molecule has 1 aliphatic rings. The number of rotatable bonds is 0. The molecule has 0 aromatic carbocycles. The van der Waals surface area contributed by atoms with E-state index in [9.17, 15) is 0 Å². The van der Waals surface area contributed by atoms with Gasteiger partial charge < -0.3 is 0 Å². The smallest absolute Gasteiger partial charge is 0.179 e. The average molecular weight is 83.1 g/mol. The van der Waals surface area contributed by atoms with Gasteiger partial charge in [-0.2, -0.15) is 4.84 Å². The van der Waals surface area contributed by atoms with Gasteiger partial charge in [0.2, 0.25) is 0 Å². The van der Waals surface area contributed by atoms with E-state index in [1.54, 1.807) is 12.3 Å². The fraction of sp³-hybridized carbons (Fsp3) is 0.250. The van der Waals surface area contributed by atoms with E-state index < -0.39 is 0 Å². The lowest BCUT2D eigenvalue weighted by Gasteiger charge is -1.50. The molecule has 0 spiro atoms. The molecule has 2 nitrogen and oxygen atoms in total. The Labute approximate surface area is 36.1 Å². The van der Waals surface area contributed by atoms with E-state index in [0.717, 1.165) is 5.71 Å². The zero-order chi connectivity index (χ0) is 4.41. The Balaban J connectivity index is 2.68. The first-order valence-electron chi connectivity index (χ1n) is 1.76. The molecule has 0 aromatic rings. The van der Waals surface area contributed by atoms with Crippen molar-refractivity contribution in [2.45, 2.75) is 6.92 Å². The fourth-order valence-electron chi connectivity index (χ4n) is 0.273. The Hall–Kier alpha value is -0.790. The molecular formula is C4H5NO+. The summed E-state index contributed by atoms with van der Waals surface area (Å²) in [5.74, 6) is 0. The van der Waals surface area contributed by atoms with Crippen LogP contribution in [0.2, 0.25) is 0 Å². The quantitative estimate of drug-likeness (QED) is 0.411. The number of allylic oxidation sites excluding steroid dienone is 1. The summed E-state index contributed by atoms with van der Waals surface area (Å²) in [6, 6.07) is 0. The van der Waals surface area contributed by atoms with Crippen molar-refractivity contribution in [3.05, 3.63) is 12.3 Å². The highest BCUT2D eigenvalue weighted by molar-refractivity contribution is 5.91. The van der Waals surface area contributed by atoms with Gasteiger partial charge in [-0.25, -0.2) is 0 Å². The number of nitrogens with zero attached hydrogens (tertiary/aromatic N) is 1. The number of hydrogen-bond acceptors (Lipinski definition) is 2. The van der Waals surface area contributed by atoms with Crippen LogP contribution < -0.4 is 5.16 Å². The highest BCUT2D eigenvalue weighted by Crippen LogP contribution is 1.82. The van der Waals surface area contributed by atoms with E-state index in [4.69, 9.17) is 0 Å². The molecule has 0 aliphatic carbocycles. The summed E-state index contributed by atoms with van der Waals surface area (Å²) in [4.78, 5) is 4.46. The lowest BCUT2D eigenvalue weighted by atomic mass is 10.4. The molecule has 2 heteroatoms. The maximum atomic E-state index is 4.46. The summed E-state index contributed by atoms with van der Waals surface area (Å²) in [6.45, 7) is 1.88. The van der Waals surface area contributed by atoms with E-state index in [-0.39, 0.29) is 0 Å². The largest absolute Gasteiger partial charge is 0.314 e. The normalized spacial score (nSPS) is 17.2. The molecule has 1 aliphatic heterocycles. The monoisotopic (exact) mass is 83.0 g/mol. The van der Waals surface area contributed by atoms with E-state index in [1.165, 1.54) is 0 Å². The van der Waals surface area contributed by atoms with Crippen molar-refractivity contribution < 1.29 is 4.84 Å². The maximum absolute atomic E-state index is 4.46. The van der Waals surface area contributed by atoms with Gasteiger partial charge in [-0.05, 0) is 0 Å². The molecule has 0 amide bonds. The lowest BCUT2D eigenvalue weighted by molar-refractivity contribution is 0.220. The lowest BCUT2D eigenvalue weighted by Crippen LogP contribution is -1.87. The minimum atomic E-state index is 0.926. The second-order valence-electron chi connectivity index (χ2n) is 1.14. The minimum absolute atomic E-state index is 0.926. The van der Waals surface area contributed by atoms with Gasteiger partial charge in [0.05, 0.1) is 6.08 Å². The van der Waals surface area contributed by atoms with E-state index >= 15 is 0 Å². The Kier molecular flexibility index (Phi) is 0.638. The van der Waals surface area contributed by atoms with Gasteiger partial charge in [0.15, 0.2) is 6.26 Å². The van der Waals surface area contributed by atoms with Crippen LogP contribution in [0, 0.1) is 0 Å². The van der Waals surface area contributed by atoms with E-state index in [2.05, 4.69) is 9.99 Å². The summed E-state index contributed by atoms with van der Waals surface area (Å²) in [6.07, 6.45) is 3.36. The van der Waals surface area contributed by atoms with Crippen molar-refractivity contribution in [1.29, 1.82) is 0 Å². The molecule has 1 rings (SSSR count). The zero-order valence-electron chi connectivity index (χ0n) is 3.51. The highest BCUT2D eigenvalue weighted by atomic mass is 16.6. The standard InChI is InChI=1S/C4H5NO/c1-4-2-3-6-5-4/h2-3H,1H3/q+1. The highest BCUT2D eigenvalue weighted by Gasteiger charge is 2.05. The van der Waals surface area contributed by atoms with Gasteiger partial charge in [-0.3, -0.25) is 0 Å². The summed E-state index contributed by atoms with van der Waals surface area (Å²) >= 11 is 0. The second kappa shape index (κ2) is 1.12. The van der Waals surface area contributed by atoms with E-state index in [0.29, 0.717) is 0 Å². The van der Waals surface area contributed by atoms with Crippen LogP contribution in [0.4, 0.5) is 0 Å². The first-order chi connectivity index (χ1) is 2.89. The van der Waals surface area contributed by atoms with Crippen molar-refractivity contribution in [2.75, 3.05) is 0 Å². The first kappa shape index (κ1) is 3.40. The minimum Gasteiger partial charge on any atom is -0.179 e. The van der Waals surface area contributed by atoms with Crippen LogP contribution in [-0.4, -0.2) is 5.71 Å². The molecular weight excluding hydrogens is 78.0 g/mol. The van der Waals surface area contributed by atoms with Gasteiger partial charge >= 0.3 is 5.71 Å². The van der Waals surface area contributed by atoms with Gasteiger partial charge in [-0.15, -0.1) is 0 Å². The van der Waals surface area contributed by atoms with Crippen LogP contribution in [0.15, 0.2) is 12.3 Å². The van der Waals surface area contributed by atoms with Crippen LogP contribution in [0.3, 0.4) is 0 Å². The second-order valence-corrected chi connectivity index (χ2v) is 1.14. The Morgan fingerprint density at radius 1 is 1.83 bits per heavy atom. The van der Waals surface area contributed by atoms with Crippen LogP contribution in [0.25, 0.3) is 0 Å². The molecule has 0 fully saturated rings. The fourth-order valence-corrected chi connectivity index (χ4v) is 0.273.